The summed E-state index contributed by atoms with van der Waals surface area (Å²) in [5, 5.41) is 0. The maximum atomic E-state index is 5.45. The van der Waals surface area contributed by atoms with Gasteiger partial charge < -0.3 is 28.3 Å². The van der Waals surface area contributed by atoms with E-state index in [0.717, 1.165) is 13.0 Å². The Balaban J connectivity index is -0.000000245. The summed E-state index contributed by atoms with van der Waals surface area (Å²) in [7, 11) is -1.22. The topological polar surface area (TPSA) is 9.23 Å². The van der Waals surface area contributed by atoms with Gasteiger partial charge in [0.1, 0.15) is 0 Å². The predicted molar refractivity (Wildman–Crippen MR) is 45.0 cm³/mol. The van der Waals surface area contributed by atoms with Crippen LogP contribution in [0.4, 0.5) is 0 Å². The van der Waals surface area contributed by atoms with Crippen molar-refractivity contribution in [2.24, 2.45) is 0 Å². The van der Waals surface area contributed by atoms with Crippen molar-refractivity contribution in [1.29, 1.82) is 0 Å². The molecule has 1 nitrogen and oxygen atoms in total. The van der Waals surface area contributed by atoms with Gasteiger partial charge in [-0.3, -0.25) is 0 Å². The molecule has 0 aliphatic carbocycles. The van der Waals surface area contributed by atoms with Gasteiger partial charge in [-0.25, -0.2) is 0 Å². The molecule has 0 saturated heterocycles. The molecule has 0 fully saturated rings. The SMILES string of the molecule is [Br-].[CH2-]CCO[Si](C)(C)C.[Mg+2]. The molecule has 0 heterocycles. The summed E-state index contributed by atoms with van der Waals surface area (Å²) in [4.78, 5) is 0. The molecule has 0 bridgehead atoms. The first-order valence-corrected chi connectivity index (χ1v) is 6.40. The molecule has 0 saturated carbocycles. The van der Waals surface area contributed by atoms with Crippen molar-refractivity contribution < 1.29 is 21.4 Å². The van der Waals surface area contributed by atoms with E-state index in [1.165, 1.54) is 0 Å². The molecule has 0 unspecified atom stereocenters. The van der Waals surface area contributed by atoms with E-state index in [9.17, 15) is 0 Å². The van der Waals surface area contributed by atoms with Crippen LogP contribution in [0.15, 0.2) is 0 Å². The van der Waals surface area contributed by atoms with Crippen LogP contribution in [-0.4, -0.2) is 38.0 Å². The molecule has 0 aromatic rings. The van der Waals surface area contributed by atoms with Crippen molar-refractivity contribution >= 4 is 31.4 Å². The average molecular weight is 235 g/mol. The minimum atomic E-state index is -1.22. The first kappa shape index (κ1) is 17.5. The second-order valence-electron chi connectivity index (χ2n) is 2.81. The van der Waals surface area contributed by atoms with Crippen LogP contribution in [-0.2, 0) is 4.43 Å². The zero-order chi connectivity index (χ0) is 6.62. The van der Waals surface area contributed by atoms with Crippen LogP contribution in [0.25, 0.3) is 0 Å². The molecule has 0 N–H and O–H groups in total. The first-order chi connectivity index (χ1) is 3.56. The summed E-state index contributed by atoms with van der Waals surface area (Å²) in [6.07, 6.45) is 0.893. The fourth-order valence-electron chi connectivity index (χ4n) is 0.378. The third kappa shape index (κ3) is 16.2. The van der Waals surface area contributed by atoms with E-state index < -0.39 is 8.32 Å². The molecular formula is C6H15BrMgOSi. The Kier molecular flexibility index (Phi) is 14.9. The maximum absolute atomic E-state index is 5.45. The average Bonchev–Trinajstić information content (AvgIpc) is 1.59. The Labute approximate surface area is 92.0 Å². The minimum Gasteiger partial charge on any atom is -1.00 e. The zero-order valence-corrected chi connectivity index (χ0v) is 11.1. The quantitative estimate of drug-likeness (QED) is 0.436. The van der Waals surface area contributed by atoms with Crippen LogP contribution in [0, 0.1) is 6.92 Å². The van der Waals surface area contributed by atoms with E-state index in [4.69, 9.17) is 4.43 Å². The van der Waals surface area contributed by atoms with Gasteiger partial charge in [0.2, 0.25) is 0 Å². The van der Waals surface area contributed by atoms with Crippen molar-refractivity contribution in [3.05, 3.63) is 6.92 Å². The van der Waals surface area contributed by atoms with E-state index in [1.54, 1.807) is 0 Å². The maximum Gasteiger partial charge on any atom is 2.00 e. The molecule has 0 atom stereocenters. The van der Waals surface area contributed by atoms with E-state index in [0.29, 0.717) is 0 Å². The van der Waals surface area contributed by atoms with Crippen LogP contribution in [0.1, 0.15) is 6.42 Å². The van der Waals surface area contributed by atoms with Gasteiger partial charge in [0.15, 0.2) is 8.32 Å². The predicted octanol–water partition coefficient (Wildman–Crippen LogP) is -1.31. The van der Waals surface area contributed by atoms with Crippen molar-refractivity contribution in [2.45, 2.75) is 26.1 Å². The van der Waals surface area contributed by atoms with Crippen LogP contribution >= 0.6 is 0 Å². The molecule has 58 valence electrons. The van der Waals surface area contributed by atoms with Gasteiger partial charge in [-0.1, -0.05) is 0 Å². The smallest absolute Gasteiger partial charge is 1.00 e. The molecule has 0 aromatic heterocycles. The van der Waals surface area contributed by atoms with Gasteiger partial charge in [0, 0.05) is 6.61 Å². The molecule has 0 aromatic carbocycles. The Morgan fingerprint density at radius 1 is 1.30 bits per heavy atom. The normalized spacial score (nSPS) is 9.60. The Bertz CT molecular complexity index is 65.3. The van der Waals surface area contributed by atoms with E-state index in [-0.39, 0.29) is 40.0 Å². The molecule has 0 spiro atoms. The number of hydrogen-bond acceptors (Lipinski definition) is 1. The van der Waals surface area contributed by atoms with Crippen LogP contribution in [0.2, 0.25) is 19.6 Å². The molecule has 0 amide bonds. The zero-order valence-electron chi connectivity index (χ0n) is 7.11. The summed E-state index contributed by atoms with van der Waals surface area (Å²) >= 11 is 0. The van der Waals surface area contributed by atoms with Gasteiger partial charge in [0.25, 0.3) is 0 Å². The number of hydrogen-bond donors (Lipinski definition) is 0. The van der Waals surface area contributed by atoms with Crippen molar-refractivity contribution in [3.63, 3.8) is 0 Å². The summed E-state index contributed by atoms with van der Waals surface area (Å²) < 4.78 is 5.45. The molecule has 4 heteroatoms. The summed E-state index contributed by atoms with van der Waals surface area (Å²) in [6, 6.07) is 0. The van der Waals surface area contributed by atoms with Gasteiger partial charge >= 0.3 is 23.1 Å². The summed E-state index contributed by atoms with van der Waals surface area (Å²) in [6.45, 7) is 11.1. The monoisotopic (exact) mass is 234 g/mol. The van der Waals surface area contributed by atoms with E-state index in [1.807, 2.05) is 0 Å². The second-order valence-corrected chi connectivity index (χ2v) is 7.33. The standard InChI is InChI=1S/C6H15OSi.BrH.Mg/c1-5-6-7-8(2,3)4;;/h1,5-6H2,2-4H3;1H;/q-1;;+2/p-1. The fraction of sp³-hybridized carbons (Fsp3) is 0.833. The van der Waals surface area contributed by atoms with Gasteiger partial charge in [-0.05, 0) is 19.6 Å². The third-order valence-electron chi connectivity index (χ3n) is 0.679. The Morgan fingerprint density at radius 3 is 1.80 bits per heavy atom. The molecular weight excluding hydrogens is 220 g/mol. The minimum absolute atomic E-state index is 0. The molecule has 0 aliphatic rings. The van der Waals surface area contributed by atoms with Crippen LogP contribution < -0.4 is 17.0 Å². The molecule has 0 radical (unpaired) electrons. The van der Waals surface area contributed by atoms with Gasteiger partial charge in [-0.2, -0.15) is 6.42 Å². The van der Waals surface area contributed by atoms with Crippen molar-refractivity contribution in [2.75, 3.05) is 6.61 Å². The second kappa shape index (κ2) is 8.52. The van der Waals surface area contributed by atoms with E-state index in [2.05, 4.69) is 26.6 Å². The van der Waals surface area contributed by atoms with Crippen molar-refractivity contribution in [1.82, 2.24) is 0 Å². The fourth-order valence-corrected chi connectivity index (χ4v) is 1.14. The van der Waals surface area contributed by atoms with Crippen molar-refractivity contribution in [3.8, 4) is 0 Å². The number of halogens is 1. The third-order valence-corrected chi connectivity index (χ3v) is 1.75. The number of rotatable bonds is 3. The Morgan fingerprint density at radius 2 is 1.70 bits per heavy atom. The van der Waals surface area contributed by atoms with Gasteiger partial charge in [-0.15, -0.1) is 0 Å². The molecule has 10 heavy (non-hydrogen) atoms. The summed E-state index contributed by atoms with van der Waals surface area (Å²) in [5.41, 5.74) is 0. The molecule has 0 rings (SSSR count). The van der Waals surface area contributed by atoms with Gasteiger partial charge in [0.05, 0.1) is 0 Å². The molecule has 0 aliphatic heterocycles. The van der Waals surface area contributed by atoms with Crippen LogP contribution in [0.3, 0.4) is 0 Å². The Hall–Kier alpha value is 1.42. The van der Waals surface area contributed by atoms with Crippen LogP contribution in [0.5, 0.6) is 0 Å². The summed E-state index contributed by atoms with van der Waals surface area (Å²) in [5.74, 6) is 0. The largest absolute Gasteiger partial charge is 2.00 e. The van der Waals surface area contributed by atoms with E-state index >= 15 is 0 Å². The first-order valence-electron chi connectivity index (χ1n) is 2.99.